The Labute approximate surface area is 223 Å². The fourth-order valence-corrected chi connectivity index (χ4v) is 3.33. The summed E-state index contributed by atoms with van der Waals surface area (Å²) in [5.41, 5.74) is 17.0. The summed E-state index contributed by atoms with van der Waals surface area (Å²) >= 11 is 0. The van der Waals surface area contributed by atoms with Crippen molar-refractivity contribution in [2.45, 2.75) is 62.9 Å². The van der Waals surface area contributed by atoms with Crippen LogP contribution in [-0.4, -0.2) is 92.9 Å². The summed E-state index contributed by atoms with van der Waals surface area (Å²) in [7, 11) is 0. The van der Waals surface area contributed by atoms with Crippen molar-refractivity contribution in [1.82, 2.24) is 16.0 Å². The molecule has 16 heteroatoms. The number of rotatable bonds is 16. The van der Waals surface area contributed by atoms with E-state index in [2.05, 4.69) is 20.9 Å². The van der Waals surface area contributed by atoms with Gasteiger partial charge in [-0.2, -0.15) is 0 Å². The molecule has 0 fully saturated rings. The summed E-state index contributed by atoms with van der Waals surface area (Å²) in [4.78, 5) is 64.9. The second-order valence-corrected chi connectivity index (χ2v) is 8.71. The number of aromatic hydroxyl groups is 1. The van der Waals surface area contributed by atoms with Crippen molar-refractivity contribution in [3.8, 4) is 5.75 Å². The van der Waals surface area contributed by atoms with Gasteiger partial charge in [0.25, 0.3) is 0 Å². The first-order valence-electron chi connectivity index (χ1n) is 11.8. The lowest BCUT2D eigenvalue weighted by atomic mass is 10.0. The SMILES string of the molecule is CC(O)C(NC(=O)C(CCCN=C(N)N)NC(=O)C(CC(=O)O)NC(=O)C(N)Cc1ccc(O)cc1)C(=O)O. The maximum absolute atomic E-state index is 13.0. The lowest BCUT2D eigenvalue weighted by molar-refractivity contribution is -0.145. The highest BCUT2D eigenvalue weighted by Gasteiger charge is 2.32. The van der Waals surface area contributed by atoms with E-state index < -0.39 is 66.4 Å². The molecule has 0 spiro atoms. The van der Waals surface area contributed by atoms with Crippen LogP contribution in [0.25, 0.3) is 0 Å². The number of guanidine groups is 1. The van der Waals surface area contributed by atoms with Gasteiger partial charge in [0.05, 0.1) is 18.6 Å². The van der Waals surface area contributed by atoms with Gasteiger partial charge < -0.3 is 53.6 Å². The number of carboxylic acids is 2. The summed E-state index contributed by atoms with van der Waals surface area (Å²) in [6, 6.07) is -0.0503. The van der Waals surface area contributed by atoms with E-state index >= 15 is 0 Å². The molecule has 3 amide bonds. The molecule has 1 rings (SSSR count). The maximum Gasteiger partial charge on any atom is 0.328 e. The molecule has 0 aliphatic rings. The molecule has 0 aliphatic carbocycles. The van der Waals surface area contributed by atoms with Gasteiger partial charge in [0.2, 0.25) is 17.7 Å². The lowest BCUT2D eigenvalue weighted by Gasteiger charge is -2.25. The number of aliphatic hydroxyl groups is 1. The highest BCUT2D eigenvalue weighted by Crippen LogP contribution is 2.11. The van der Waals surface area contributed by atoms with E-state index in [1.165, 1.54) is 24.3 Å². The van der Waals surface area contributed by atoms with Gasteiger partial charge in [0, 0.05) is 6.54 Å². The first kappa shape index (κ1) is 32.6. The third kappa shape index (κ3) is 12.1. The molecule has 39 heavy (non-hydrogen) atoms. The highest BCUT2D eigenvalue weighted by molar-refractivity contribution is 5.95. The summed E-state index contributed by atoms with van der Waals surface area (Å²) in [6.07, 6.45) is -2.26. The molecular weight excluding hydrogens is 518 g/mol. The van der Waals surface area contributed by atoms with Gasteiger partial charge in [-0.1, -0.05) is 12.1 Å². The van der Waals surface area contributed by atoms with E-state index in [1.54, 1.807) is 0 Å². The average molecular weight is 554 g/mol. The zero-order valence-electron chi connectivity index (χ0n) is 21.2. The normalized spacial score (nSPS) is 14.5. The highest BCUT2D eigenvalue weighted by atomic mass is 16.4. The smallest absolute Gasteiger partial charge is 0.328 e. The number of aliphatic hydroxyl groups excluding tert-OH is 1. The number of carbonyl (C=O) groups is 5. The van der Waals surface area contributed by atoms with E-state index in [9.17, 15) is 44.4 Å². The van der Waals surface area contributed by atoms with E-state index in [4.69, 9.17) is 17.2 Å². The van der Waals surface area contributed by atoms with Crippen LogP contribution in [0.3, 0.4) is 0 Å². The van der Waals surface area contributed by atoms with Gasteiger partial charge in [-0.15, -0.1) is 0 Å². The Morgan fingerprint density at radius 1 is 0.923 bits per heavy atom. The van der Waals surface area contributed by atoms with Crippen LogP contribution < -0.4 is 33.2 Å². The number of aliphatic imine (C=N–C) groups is 1. The van der Waals surface area contributed by atoms with Crippen molar-refractivity contribution < 1.29 is 44.4 Å². The van der Waals surface area contributed by atoms with Crippen molar-refractivity contribution in [2.75, 3.05) is 6.54 Å². The quantitative estimate of drug-likeness (QED) is 0.0547. The molecule has 1 aromatic rings. The summed E-state index contributed by atoms with van der Waals surface area (Å²) < 4.78 is 0. The van der Waals surface area contributed by atoms with Crippen molar-refractivity contribution in [3.63, 3.8) is 0 Å². The molecule has 216 valence electrons. The second kappa shape index (κ2) is 15.7. The molecule has 0 saturated carbocycles. The lowest BCUT2D eigenvalue weighted by Crippen LogP contribution is -2.58. The van der Waals surface area contributed by atoms with Crippen molar-refractivity contribution >= 4 is 35.6 Å². The van der Waals surface area contributed by atoms with Gasteiger partial charge in [-0.05, 0) is 43.9 Å². The Morgan fingerprint density at radius 2 is 1.49 bits per heavy atom. The molecule has 13 N–H and O–H groups in total. The number of nitrogens with one attached hydrogen (secondary N) is 3. The van der Waals surface area contributed by atoms with Crippen molar-refractivity contribution in [2.24, 2.45) is 22.2 Å². The predicted octanol–water partition coefficient (Wildman–Crippen LogP) is -3.29. The minimum atomic E-state index is -1.69. The number of amides is 3. The van der Waals surface area contributed by atoms with E-state index in [0.29, 0.717) is 5.56 Å². The van der Waals surface area contributed by atoms with Gasteiger partial charge >= 0.3 is 11.9 Å². The number of nitrogens with zero attached hydrogens (tertiary/aromatic N) is 1. The third-order valence-corrected chi connectivity index (χ3v) is 5.36. The van der Waals surface area contributed by atoms with Gasteiger partial charge in [-0.25, -0.2) is 4.79 Å². The number of aliphatic carboxylic acids is 2. The van der Waals surface area contributed by atoms with E-state index in [-0.39, 0.29) is 37.5 Å². The van der Waals surface area contributed by atoms with E-state index in [0.717, 1.165) is 6.92 Å². The fraction of sp³-hybridized carbons (Fsp3) is 0.478. The molecular formula is C23H35N7O9. The first-order chi connectivity index (χ1) is 18.2. The molecule has 0 heterocycles. The van der Waals surface area contributed by atoms with Crippen LogP contribution in [0.15, 0.2) is 29.3 Å². The van der Waals surface area contributed by atoms with Gasteiger partial charge in [-0.3, -0.25) is 24.2 Å². The monoisotopic (exact) mass is 553 g/mol. The number of carbonyl (C=O) groups excluding carboxylic acids is 3. The summed E-state index contributed by atoms with van der Waals surface area (Å²) in [5, 5.41) is 44.2. The Morgan fingerprint density at radius 3 is 2.00 bits per heavy atom. The number of hydrogen-bond acceptors (Lipinski definition) is 9. The summed E-state index contributed by atoms with van der Waals surface area (Å²) in [6.45, 7) is 1.20. The standard InChI is InChI=1S/C23H35N7O9/c1-11(31)18(22(38)39)30-20(36)15(3-2-8-27-23(25)26)28-21(37)16(10-17(33)34)29-19(35)14(24)9-12-4-6-13(32)7-5-12/h4-7,11,14-16,18,31-32H,2-3,8-10,24H2,1H3,(H,28,37)(H,29,35)(H,30,36)(H,33,34)(H,38,39)(H4,25,26,27). The maximum atomic E-state index is 13.0. The molecule has 5 unspecified atom stereocenters. The Bertz CT molecular complexity index is 1040. The third-order valence-electron chi connectivity index (χ3n) is 5.36. The van der Waals surface area contributed by atoms with Crippen LogP contribution >= 0.6 is 0 Å². The Kier molecular flexibility index (Phi) is 13.1. The number of hydrogen-bond donors (Lipinski definition) is 10. The van der Waals surface area contributed by atoms with Crippen LogP contribution in [0, 0.1) is 0 Å². The van der Waals surface area contributed by atoms with Crippen LogP contribution in [0.5, 0.6) is 5.75 Å². The fourth-order valence-electron chi connectivity index (χ4n) is 3.33. The van der Waals surface area contributed by atoms with Crippen LogP contribution in [0.1, 0.15) is 31.7 Å². The first-order valence-corrected chi connectivity index (χ1v) is 11.8. The molecule has 5 atom stereocenters. The second-order valence-electron chi connectivity index (χ2n) is 8.71. The number of phenolic OH excluding ortho intramolecular Hbond substituents is 1. The number of nitrogens with two attached hydrogens (primary N) is 3. The van der Waals surface area contributed by atoms with Crippen LogP contribution in [-0.2, 0) is 30.4 Å². The Hall–Kier alpha value is -4.44. The topological polar surface area (TPSA) is 293 Å². The van der Waals surface area contributed by atoms with Gasteiger partial charge in [0.1, 0.15) is 17.8 Å². The van der Waals surface area contributed by atoms with Crippen LogP contribution in [0.2, 0.25) is 0 Å². The molecule has 16 nitrogen and oxygen atoms in total. The Balaban J connectivity index is 3.03. The number of carboxylic acid groups (broad SMARTS) is 2. The van der Waals surface area contributed by atoms with Gasteiger partial charge in [0.15, 0.2) is 12.0 Å². The zero-order valence-corrected chi connectivity index (χ0v) is 21.2. The van der Waals surface area contributed by atoms with Crippen LogP contribution in [0.4, 0.5) is 0 Å². The molecule has 1 aromatic carbocycles. The van der Waals surface area contributed by atoms with Crippen molar-refractivity contribution in [3.05, 3.63) is 29.8 Å². The minimum Gasteiger partial charge on any atom is -0.508 e. The largest absolute Gasteiger partial charge is 0.508 e. The molecule has 0 aliphatic heterocycles. The summed E-state index contributed by atoms with van der Waals surface area (Å²) in [5.74, 6) is -6.04. The predicted molar refractivity (Wildman–Crippen MR) is 137 cm³/mol. The molecule has 0 radical (unpaired) electrons. The van der Waals surface area contributed by atoms with Crippen molar-refractivity contribution in [1.29, 1.82) is 0 Å². The zero-order chi connectivity index (χ0) is 29.7. The number of phenols is 1. The minimum absolute atomic E-state index is 0.00924. The molecule has 0 bridgehead atoms. The van der Waals surface area contributed by atoms with E-state index in [1.807, 2.05) is 0 Å². The average Bonchev–Trinajstić information content (AvgIpc) is 2.84. The molecule has 0 saturated heterocycles. The molecule has 0 aromatic heterocycles. The number of benzene rings is 1.